The van der Waals surface area contributed by atoms with Crippen molar-refractivity contribution in [2.45, 2.75) is 32.1 Å². The molecule has 1 aromatic carbocycles. The minimum absolute atomic E-state index is 0.0593. The summed E-state index contributed by atoms with van der Waals surface area (Å²) in [5.74, 6) is -1.09. The number of carbonyl (C=O) groups is 1. The summed E-state index contributed by atoms with van der Waals surface area (Å²) in [5, 5.41) is 3.19. The molecule has 1 heterocycles. The van der Waals surface area contributed by atoms with Gasteiger partial charge >= 0.3 is 6.18 Å². The highest BCUT2D eigenvalue weighted by molar-refractivity contribution is 5.80. The summed E-state index contributed by atoms with van der Waals surface area (Å²) < 4.78 is 44.1. The van der Waals surface area contributed by atoms with Crippen LogP contribution in [0.1, 0.15) is 18.9 Å². The van der Waals surface area contributed by atoms with Gasteiger partial charge in [-0.2, -0.15) is 13.2 Å². The van der Waals surface area contributed by atoms with Gasteiger partial charge in [-0.05, 0) is 18.5 Å². The average molecular weight is 344 g/mol. The third-order valence-corrected chi connectivity index (χ3v) is 3.95. The van der Waals surface area contributed by atoms with E-state index in [1.54, 1.807) is 30.3 Å². The summed E-state index contributed by atoms with van der Waals surface area (Å²) >= 11 is 0. The Morgan fingerprint density at radius 1 is 1.29 bits per heavy atom. The van der Waals surface area contributed by atoms with Gasteiger partial charge in [-0.3, -0.25) is 4.79 Å². The predicted octanol–water partition coefficient (Wildman–Crippen LogP) is 2.59. The summed E-state index contributed by atoms with van der Waals surface area (Å²) in [5.41, 5.74) is 0.673. The first kappa shape index (κ1) is 18.7. The molecule has 1 saturated heterocycles. The van der Waals surface area contributed by atoms with E-state index in [1.807, 2.05) is 6.92 Å². The molecule has 1 aliphatic heterocycles. The third-order valence-electron chi connectivity index (χ3n) is 3.95. The first-order chi connectivity index (χ1) is 11.4. The molecule has 1 aromatic rings. The minimum Gasteiger partial charge on any atom is -0.379 e. The van der Waals surface area contributed by atoms with Crippen molar-refractivity contribution in [2.24, 2.45) is 5.92 Å². The van der Waals surface area contributed by atoms with Gasteiger partial charge in [0, 0.05) is 12.6 Å². The molecule has 24 heavy (non-hydrogen) atoms. The fourth-order valence-electron chi connectivity index (χ4n) is 2.80. The molecule has 1 aliphatic rings. The molecule has 0 aromatic heterocycles. The molecule has 0 saturated carbocycles. The Kier molecular flexibility index (Phi) is 6.62. The minimum atomic E-state index is -4.43. The van der Waals surface area contributed by atoms with E-state index in [0.29, 0.717) is 18.7 Å². The Labute approximate surface area is 140 Å². The van der Waals surface area contributed by atoms with Crippen LogP contribution in [0.15, 0.2) is 30.3 Å². The van der Waals surface area contributed by atoms with Crippen molar-refractivity contribution < 1.29 is 22.7 Å². The van der Waals surface area contributed by atoms with Crippen LogP contribution in [0, 0.1) is 5.92 Å². The normalized spacial score (nSPS) is 21.0. The molecular weight excluding hydrogens is 321 g/mol. The molecule has 0 radical (unpaired) electrons. The molecule has 7 heteroatoms. The van der Waals surface area contributed by atoms with E-state index in [2.05, 4.69) is 5.32 Å². The Morgan fingerprint density at radius 2 is 2.00 bits per heavy atom. The van der Waals surface area contributed by atoms with E-state index in [1.165, 1.54) is 0 Å². The standard InChI is InChI=1S/C17H23F3N2O2/c1-2-8-21-15-11-24-10-14(15)16(23)22(12-17(18,19)20)9-13-6-4-3-5-7-13/h3-7,14-15,21H,2,8-12H2,1H3. The molecule has 134 valence electrons. The molecule has 0 spiro atoms. The third kappa shape index (κ3) is 5.49. The van der Waals surface area contributed by atoms with Gasteiger partial charge < -0.3 is 15.0 Å². The van der Waals surface area contributed by atoms with E-state index in [0.717, 1.165) is 11.3 Å². The number of benzene rings is 1. The van der Waals surface area contributed by atoms with Gasteiger partial charge in [0.2, 0.25) is 5.91 Å². The van der Waals surface area contributed by atoms with Gasteiger partial charge in [-0.25, -0.2) is 0 Å². The molecule has 0 aliphatic carbocycles. The zero-order valence-electron chi connectivity index (χ0n) is 13.7. The Bertz CT molecular complexity index is 522. The van der Waals surface area contributed by atoms with Crippen LogP contribution in [0.3, 0.4) is 0 Å². The van der Waals surface area contributed by atoms with Crippen molar-refractivity contribution >= 4 is 5.91 Å². The molecule has 1 N–H and O–H groups in total. The Morgan fingerprint density at radius 3 is 2.62 bits per heavy atom. The second kappa shape index (κ2) is 8.48. The second-order valence-electron chi connectivity index (χ2n) is 6.00. The van der Waals surface area contributed by atoms with Crippen LogP contribution >= 0.6 is 0 Å². The van der Waals surface area contributed by atoms with Crippen molar-refractivity contribution in [3.05, 3.63) is 35.9 Å². The summed E-state index contributed by atoms with van der Waals surface area (Å²) in [7, 11) is 0. The number of nitrogens with one attached hydrogen (secondary N) is 1. The highest BCUT2D eigenvalue weighted by Crippen LogP contribution is 2.23. The maximum Gasteiger partial charge on any atom is 0.406 e. The lowest BCUT2D eigenvalue weighted by molar-refractivity contribution is -0.165. The van der Waals surface area contributed by atoms with Crippen molar-refractivity contribution in [3.8, 4) is 0 Å². The average Bonchev–Trinajstić information content (AvgIpc) is 2.99. The topological polar surface area (TPSA) is 41.6 Å². The quantitative estimate of drug-likeness (QED) is 0.827. The molecule has 4 nitrogen and oxygen atoms in total. The molecule has 2 unspecified atom stereocenters. The molecule has 0 bridgehead atoms. The van der Waals surface area contributed by atoms with Crippen LogP contribution < -0.4 is 5.32 Å². The number of carbonyl (C=O) groups excluding carboxylic acids is 1. The van der Waals surface area contributed by atoms with Crippen molar-refractivity contribution in [2.75, 3.05) is 26.3 Å². The first-order valence-electron chi connectivity index (χ1n) is 8.11. The second-order valence-corrected chi connectivity index (χ2v) is 6.00. The maximum absolute atomic E-state index is 12.9. The fraction of sp³-hybridized carbons (Fsp3) is 0.588. The van der Waals surface area contributed by atoms with E-state index >= 15 is 0 Å². The number of ether oxygens (including phenoxy) is 1. The zero-order valence-corrected chi connectivity index (χ0v) is 13.7. The largest absolute Gasteiger partial charge is 0.406 e. The van der Waals surface area contributed by atoms with Crippen LogP contribution in [0.25, 0.3) is 0 Å². The smallest absolute Gasteiger partial charge is 0.379 e. The zero-order chi connectivity index (χ0) is 17.6. The van der Waals surface area contributed by atoms with Gasteiger partial charge in [0.15, 0.2) is 0 Å². The predicted molar refractivity (Wildman–Crippen MR) is 84.3 cm³/mol. The highest BCUT2D eigenvalue weighted by Gasteiger charge is 2.40. The molecule has 2 rings (SSSR count). The number of hydrogen-bond donors (Lipinski definition) is 1. The highest BCUT2D eigenvalue weighted by atomic mass is 19.4. The van der Waals surface area contributed by atoms with Crippen LogP contribution in [0.2, 0.25) is 0 Å². The first-order valence-corrected chi connectivity index (χ1v) is 8.11. The number of rotatable bonds is 7. The van der Waals surface area contributed by atoms with E-state index < -0.39 is 24.5 Å². The van der Waals surface area contributed by atoms with Gasteiger partial charge in [0.25, 0.3) is 0 Å². The van der Waals surface area contributed by atoms with Crippen LogP contribution in [0.4, 0.5) is 13.2 Å². The van der Waals surface area contributed by atoms with Crippen LogP contribution in [0.5, 0.6) is 0 Å². The van der Waals surface area contributed by atoms with E-state index in [9.17, 15) is 18.0 Å². The summed E-state index contributed by atoms with van der Waals surface area (Å²) in [6.07, 6.45) is -3.55. The molecule has 1 amide bonds. The van der Waals surface area contributed by atoms with Crippen molar-refractivity contribution in [1.29, 1.82) is 0 Å². The van der Waals surface area contributed by atoms with Crippen LogP contribution in [-0.4, -0.2) is 49.3 Å². The van der Waals surface area contributed by atoms with E-state index in [4.69, 9.17) is 4.74 Å². The Balaban J connectivity index is 2.11. The lowest BCUT2D eigenvalue weighted by Gasteiger charge is -2.28. The Hall–Kier alpha value is -1.60. The number of halogens is 3. The SMILES string of the molecule is CCCNC1COCC1C(=O)N(Cc1ccccc1)CC(F)(F)F. The van der Waals surface area contributed by atoms with Gasteiger partial charge in [0.1, 0.15) is 6.54 Å². The molecule has 1 fully saturated rings. The van der Waals surface area contributed by atoms with Crippen molar-refractivity contribution in [3.63, 3.8) is 0 Å². The number of nitrogens with zero attached hydrogens (tertiary/aromatic N) is 1. The van der Waals surface area contributed by atoms with Crippen molar-refractivity contribution in [1.82, 2.24) is 10.2 Å². The summed E-state index contributed by atoms with van der Waals surface area (Å²) in [4.78, 5) is 13.6. The van der Waals surface area contributed by atoms with Gasteiger partial charge in [-0.1, -0.05) is 37.3 Å². The van der Waals surface area contributed by atoms with E-state index in [-0.39, 0.29) is 19.2 Å². The van der Waals surface area contributed by atoms with Gasteiger partial charge in [0.05, 0.1) is 19.1 Å². The summed E-state index contributed by atoms with van der Waals surface area (Å²) in [6, 6.07) is 8.48. The lowest BCUT2D eigenvalue weighted by atomic mass is 10.0. The fourth-order valence-corrected chi connectivity index (χ4v) is 2.80. The summed E-state index contributed by atoms with van der Waals surface area (Å²) in [6.45, 7) is 1.89. The number of amides is 1. The lowest BCUT2D eigenvalue weighted by Crippen LogP contribution is -2.48. The number of hydrogen-bond acceptors (Lipinski definition) is 3. The molecule has 2 atom stereocenters. The monoisotopic (exact) mass is 344 g/mol. The van der Waals surface area contributed by atoms with Crippen LogP contribution in [-0.2, 0) is 16.1 Å². The van der Waals surface area contributed by atoms with Gasteiger partial charge in [-0.15, -0.1) is 0 Å². The maximum atomic E-state index is 12.9. The molecular formula is C17H23F3N2O2. The number of alkyl halides is 3.